The molecule has 1 saturated heterocycles. The molecule has 1 aliphatic rings. The van der Waals surface area contributed by atoms with Crippen molar-refractivity contribution >= 4 is 27.7 Å². The van der Waals surface area contributed by atoms with Crippen molar-refractivity contribution in [3.8, 4) is 0 Å². The minimum atomic E-state index is 0.167. The largest absolute Gasteiger partial charge is 0.378 e. The van der Waals surface area contributed by atoms with Crippen molar-refractivity contribution in [1.29, 1.82) is 0 Å². The number of anilines is 1. The molecular weight excluding hydrogens is 298 g/mol. The monoisotopic (exact) mass is 313 g/mol. The number of carbonyl (C=O) groups is 1. The minimum Gasteiger partial charge on any atom is -0.378 e. The van der Waals surface area contributed by atoms with Gasteiger partial charge in [-0.2, -0.15) is 0 Å². The van der Waals surface area contributed by atoms with E-state index in [0.29, 0.717) is 39.3 Å². The van der Waals surface area contributed by atoms with Crippen LogP contribution in [-0.4, -0.2) is 48.6 Å². The highest BCUT2D eigenvalue weighted by Gasteiger charge is 2.15. The Morgan fingerprint density at radius 2 is 2.22 bits per heavy atom. The first-order valence-electron chi connectivity index (χ1n) is 5.97. The van der Waals surface area contributed by atoms with E-state index in [1.807, 2.05) is 23.1 Å². The lowest BCUT2D eigenvalue weighted by molar-refractivity contribution is -0.134. The Balaban J connectivity index is 1.73. The van der Waals surface area contributed by atoms with Gasteiger partial charge < -0.3 is 15.0 Å². The van der Waals surface area contributed by atoms with E-state index in [-0.39, 0.29) is 5.91 Å². The van der Waals surface area contributed by atoms with E-state index >= 15 is 0 Å². The topological polar surface area (TPSA) is 54.5 Å². The second-order valence-electron chi connectivity index (χ2n) is 4.02. The highest BCUT2D eigenvalue weighted by molar-refractivity contribution is 9.10. The third-order valence-corrected chi connectivity index (χ3v) is 3.17. The van der Waals surface area contributed by atoms with Crippen molar-refractivity contribution < 1.29 is 9.53 Å². The van der Waals surface area contributed by atoms with Gasteiger partial charge in [0, 0.05) is 26.1 Å². The van der Waals surface area contributed by atoms with E-state index in [0.717, 1.165) is 10.4 Å². The number of nitrogens with one attached hydrogen (secondary N) is 1. The lowest BCUT2D eigenvalue weighted by Crippen LogP contribution is -2.41. The van der Waals surface area contributed by atoms with Crippen LogP contribution in [0.3, 0.4) is 0 Å². The molecular formula is C12H16BrN3O2. The molecule has 1 aliphatic heterocycles. The van der Waals surface area contributed by atoms with Gasteiger partial charge in [0.2, 0.25) is 5.91 Å². The van der Waals surface area contributed by atoms with Crippen LogP contribution in [0.4, 0.5) is 5.82 Å². The van der Waals surface area contributed by atoms with Gasteiger partial charge in [-0.1, -0.05) is 6.07 Å². The number of halogens is 1. The SMILES string of the molecule is O=C(CCNc1cccc(Br)n1)N1CCOCC1. The Hall–Kier alpha value is -1.14. The number of hydrogen-bond donors (Lipinski definition) is 1. The summed E-state index contributed by atoms with van der Waals surface area (Å²) in [4.78, 5) is 17.9. The summed E-state index contributed by atoms with van der Waals surface area (Å²) >= 11 is 3.31. The molecule has 1 aromatic heterocycles. The molecule has 6 heteroatoms. The van der Waals surface area contributed by atoms with Gasteiger partial charge >= 0.3 is 0 Å². The molecule has 98 valence electrons. The number of amides is 1. The minimum absolute atomic E-state index is 0.167. The zero-order valence-electron chi connectivity index (χ0n) is 10.1. The van der Waals surface area contributed by atoms with Crippen molar-refractivity contribution in [3.63, 3.8) is 0 Å². The maximum atomic E-state index is 11.9. The summed E-state index contributed by atoms with van der Waals surface area (Å²) in [6.07, 6.45) is 0.480. The van der Waals surface area contributed by atoms with Gasteiger partial charge in [0.05, 0.1) is 13.2 Å². The second-order valence-corrected chi connectivity index (χ2v) is 4.83. The fourth-order valence-corrected chi connectivity index (χ4v) is 2.12. The molecule has 2 rings (SSSR count). The van der Waals surface area contributed by atoms with Crippen LogP contribution in [0.5, 0.6) is 0 Å². The summed E-state index contributed by atoms with van der Waals surface area (Å²) in [5.41, 5.74) is 0. The molecule has 0 aliphatic carbocycles. The van der Waals surface area contributed by atoms with Gasteiger partial charge in [-0.25, -0.2) is 4.98 Å². The number of rotatable bonds is 4. The maximum Gasteiger partial charge on any atom is 0.224 e. The zero-order chi connectivity index (χ0) is 12.8. The molecule has 1 amide bonds. The van der Waals surface area contributed by atoms with Crippen molar-refractivity contribution in [2.45, 2.75) is 6.42 Å². The van der Waals surface area contributed by atoms with Crippen LogP contribution in [0.1, 0.15) is 6.42 Å². The van der Waals surface area contributed by atoms with Gasteiger partial charge in [-0.05, 0) is 28.1 Å². The fourth-order valence-electron chi connectivity index (χ4n) is 1.78. The molecule has 0 unspecified atom stereocenters. The van der Waals surface area contributed by atoms with Gasteiger partial charge in [-0.15, -0.1) is 0 Å². The molecule has 18 heavy (non-hydrogen) atoms. The van der Waals surface area contributed by atoms with Gasteiger partial charge in [0.1, 0.15) is 10.4 Å². The van der Waals surface area contributed by atoms with E-state index in [1.54, 1.807) is 0 Å². The maximum absolute atomic E-state index is 11.9. The van der Waals surface area contributed by atoms with Crippen molar-refractivity contribution in [2.75, 3.05) is 38.2 Å². The van der Waals surface area contributed by atoms with Crippen molar-refractivity contribution in [3.05, 3.63) is 22.8 Å². The lowest BCUT2D eigenvalue weighted by Gasteiger charge is -2.26. The Kier molecular flexibility index (Phi) is 4.95. The molecule has 1 N–H and O–H groups in total. The average Bonchev–Trinajstić information content (AvgIpc) is 2.40. The van der Waals surface area contributed by atoms with Crippen molar-refractivity contribution in [1.82, 2.24) is 9.88 Å². The van der Waals surface area contributed by atoms with Gasteiger partial charge in [0.15, 0.2) is 0 Å². The highest BCUT2D eigenvalue weighted by Crippen LogP contribution is 2.10. The first-order chi connectivity index (χ1) is 8.75. The first kappa shape index (κ1) is 13.3. The standard InChI is InChI=1S/C12H16BrN3O2/c13-10-2-1-3-11(15-10)14-5-4-12(17)16-6-8-18-9-7-16/h1-3H,4-9H2,(H,14,15). The van der Waals surface area contributed by atoms with Crippen molar-refractivity contribution in [2.24, 2.45) is 0 Å². The van der Waals surface area contributed by atoms with Crippen LogP contribution >= 0.6 is 15.9 Å². The number of carbonyl (C=O) groups excluding carboxylic acids is 1. The summed E-state index contributed by atoms with van der Waals surface area (Å²) in [5, 5.41) is 3.14. The quantitative estimate of drug-likeness (QED) is 0.856. The normalized spacial score (nSPS) is 15.5. The number of morpholine rings is 1. The Morgan fingerprint density at radius 3 is 2.94 bits per heavy atom. The van der Waals surface area contributed by atoms with Crippen LogP contribution in [0.15, 0.2) is 22.8 Å². The predicted molar refractivity (Wildman–Crippen MR) is 72.4 cm³/mol. The van der Waals surface area contributed by atoms with E-state index in [9.17, 15) is 4.79 Å². The van der Waals surface area contributed by atoms with E-state index in [1.165, 1.54) is 0 Å². The van der Waals surface area contributed by atoms with Crippen LogP contribution in [-0.2, 0) is 9.53 Å². The fraction of sp³-hybridized carbons (Fsp3) is 0.500. The molecule has 0 radical (unpaired) electrons. The number of aromatic nitrogens is 1. The second kappa shape index (κ2) is 6.70. The zero-order valence-corrected chi connectivity index (χ0v) is 11.6. The molecule has 0 spiro atoms. The lowest BCUT2D eigenvalue weighted by atomic mass is 10.3. The molecule has 0 bridgehead atoms. The van der Waals surface area contributed by atoms with Gasteiger partial charge in [0.25, 0.3) is 0 Å². The average molecular weight is 314 g/mol. The van der Waals surface area contributed by atoms with Crippen LogP contribution in [0.2, 0.25) is 0 Å². The predicted octanol–water partition coefficient (Wildman–Crippen LogP) is 1.50. The molecule has 0 atom stereocenters. The van der Waals surface area contributed by atoms with Crippen LogP contribution in [0, 0.1) is 0 Å². The van der Waals surface area contributed by atoms with Crippen LogP contribution < -0.4 is 5.32 Å². The summed E-state index contributed by atoms with van der Waals surface area (Å²) in [6, 6.07) is 5.65. The molecule has 0 saturated carbocycles. The first-order valence-corrected chi connectivity index (χ1v) is 6.77. The number of pyridine rings is 1. The van der Waals surface area contributed by atoms with E-state index < -0.39 is 0 Å². The third-order valence-electron chi connectivity index (χ3n) is 2.72. The molecule has 0 aromatic carbocycles. The molecule has 5 nitrogen and oxygen atoms in total. The van der Waals surface area contributed by atoms with Gasteiger partial charge in [-0.3, -0.25) is 4.79 Å². The molecule has 1 fully saturated rings. The Morgan fingerprint density at radius 1 is 1.44 bits per heavy atom. The van der Waals surface area contributed by atoms with E-state index in [2.05, 4.69) is 26.2 Å². The Bertz CT molecular complexity index is 408. The summed E-state index contributed by atoms with van der Waals surface area (Å²) in [6.45, 7) is 3.29. The molecule has 2 heterocycles. The smallest absolute Gasteiger partial charge is 0.224 e. The summed E-state index contributed by atoms with van der Waals surface area (Å²) < 4.78 is 6.00. The Labute approximate surface area is 115 Å². The van der Waals surface area contributed by atoms with E-state index in [4.69, 9.17) is 4.74 Å². The molecule has 1 aromatic rings. The highest BCUT2D eigenvalue weighted by atomic mass is 79.9. The summed E-state index contributed by atoms with van der Waals surface area (Å²) in [5.74, 6) is 0.944. The summed E-state index contributed by atoms with van der Waals surface area (Å²) in [7, 11) is 0. The third kappa shape index (κ3) is 3.96. The van der Waals surface area contributed by atoms with Crippen LogP contribution in [0.25, 0.3) is 0 Å². The number of hydrogen-bond acceptors (Lipinski definition) is 4. The number of ether oxygens (including phenoxy) is 1. The number of nitrogens with zero attached hydrogens (tertiary/aromatic N) is 2.